The van der Waals surface area contributed by atoms with E-state index >= 15 is 0 Å². The first-order chi connectivity index (χ1) is 7.58. The van der Waals surface area contributed by atoms with Gasteiger partial charge in [0.1, 0.15) is 0 Å². The number of aliphatic carboxylic acids is 1. The monoisotopic (exact) mass is 219 g/mol. The minimum atomic E-state index is -0.855. The average molecular weight is 219 g/mol. The molecular weight excluding hydrogens is 206 g/mol. The Morgan fingerprint density at radius 1 is 1.31 bits per heavy atom. The largest absolute Gasteiger partial charge is 0.481 e. The fourth-order valence-corrected chi connectivity index (χ4v) is 1.18. The fourth-order valence-electron chi connectivity index (χ4n) is 1.18. The summed E-state index contributed by atoms with van der Waals surface area (Å²) in [4.78, 5) is 21.0. The Kier molecular flexibility index (Phi) is 4.27. The van der Waals surface area contributed by atoms with Crippen LogP contribution in [-0.2, 0) is 9.59 Å². The maximum atomic E-state index is 10.8. The fraction of sp³-hybridized carbons (Fsp3) is 0.167. The number of hydrogen-bond acceptors (Lipinski definition) is 2. The molecule has 1 rings (SSSR count). The van der Waals surface area contributed by atoms with E-state index in [1.165, 1.54) is 6.92 Å². The first-order valence-corrected chi connectivity index (χ1v) is 4.84. The van der Waals surface area contributed by atoms with Gasteiger partial charge in [0.2, 0.25) is 5.91 Å². The van der Waals surface area contributed by atoms with Gasteiger partial charge in [-0.25, -0.2) is 0 Å². The molecule has 0 unspecified atom stereocenters. The van der Waals surface area contributed by atoms with Crippen molar-refractivity contribution in [3.05, 3.63) is 35.9 Å². The van der Waals surface area contributed by atoms with Gasteiger partial charge < -0.3 is 10.4 Å². The van der Waals surface area contributed by atoms with Crippen LogP contribution in [0.15, 0.2) is 30.3 Å². The number of carboxylic acid groups (broad SMARTS) is 1. The summed E-state index contributed by atoms with van der Waals surface area (Å²) >= 11 is 0. The van der Waals surface area contributed by atoms with Crippen molar-refractivity contribution in [3.63, 3.8) is 0 Å². The topological polar surface area (TPSA) is 66.4 Å². The summed E-state index contributed by atoms with van der Waals surface area (Å²) in [7, 11) is 0. The lowest BCUT2D eigenvalue weighted by Crippen LogP contribution is -2.05. The predicted molar refractivity (Wildman–Crippen MR) is 62.0 cm³/mol. The predicted octanol–water partition coefficient (Wildman–Crippen LogP) is 2.13. The molecule has 1 aromatic carbocycles. The average Bonchev–Trinajstić information content (AvgIpc) is 2.19. The van der Waals surface area contributed by atoms with E-state index in [2.05, 4.69) is 5.32 Å². The molecule has 0 atom stereocenters. The highest BCUT2D eigenvalue weighted by molar-refractivity contribution is 5.88. The van der Waals surface area contributed by atoms with E-state index in [9.17, 15) is 9.59 Å². The van der Waals surface area contributed by atoms with Crippen LogP contribution in [0.3, 0.4) is 0 Å². The SMILES string of the molecule is CC(=O)Nc1ccc(/C=C/CC(=O)O)cc1. The van der Waals surface area contributed by atoms with E-state index in [-0.39, 0.29) is 12.3 Å². The second-order valence-electron chi connectivity index (χ2n) is 3.30. The lowest BCUT2D eigenvalue weighted by Gasteiger charge is -2.01. The molecule has 0 bridgehead atoms. The van der Waals surface area contributed by atoms with Gasteiger partial charge in [0.05, 0.1) is 6.42 Å². The van der Waals surface area contributed by atoms with Gasteiger partial charge in [0.15, 0.2) is 0 Å². The Morgan fingerprint density at radius 3 is 2.44 bits per heavy atom. The Hall–Kier alpha value is -2.10. The van der Waals surface area contributed by atoms with Gasteiger partial charge >= 0.3 is 5.97 Å². The number of carbonyl (C=O) groups excluding carboxylic acids is 1. The number of nitrogens with one attached hydrogen (secondary N) is 1. The summed E-state index contributed by atoms with van der Waals surface area (Å²) in [5.74, 6) is -0.972. The van der Waals surface area contributed by atoms with Gasteiger partial charge in [-0.15, -0.1) is 0 Å². The molecule has 0 aliphatic carbocycles. The Bertz CT molecular complexity index is 407. The van der Waals surface area contributed by atoms with Crippen LogP contribution in [-0.4, -0.2) is 17.0 Å². The van der Waals surface area contributed by atoms with Gasteiger partial charge in [-0.1, -0.05) is 24.3 Å². The molecule has 1 aromatic rings. The van der Waals surface area contributed by atoms with E-state index < -0.39 is 5.97 Å². The first kappa shape index (κ1) is 12.0. The maximum Gasteiger partial charge on any atom is 0.307 e. The van der Waals surface area contributed by atoms with Gasteiger partial charge in [0.25, 0.3) is 0 Å². The zero-order valence-corrected chi connectivity index (χ0v) is 8.93. The Morgan fingerprint density at radius 2 is 1.94 bits per heavy atom. The van der Waals surface area contributed by atoms with E-state index in [0.29, 0.717) is 0 Å². The van der Waals surface area contributed by atoms with Crippen molar-refractivity contribution in [3.8, 4) is 0 Å². The number of carboxylic acids is 1. The molecule has 0 heterocycles. The molecule has 0 aromatic heterocycles. The van der Waals surface area contributed by atoms with Crippen LogP contribution in [0.2, 0.25) is 0 Å². The van der Waals surface area contributed by atoms with Crippen molar-refractivity contribution in [2.75, 3.05) is 5.32 Å². The van der Waals surface area contributed by atoms with Gasteiger partial charge in [-0.3, -0.25) is 9.59 Å². The van der Waals surface area contributed by atoms with Gasteiger partial charge in [0, 0.05) is 12.6 Å². The summed E-state index contributed by atoms with van der Waals surface area (Å²) in [5.41, 5.74) is 1.62. The maximum absolute atomic E-state index is 10.8. The van der Waals surface area contributed by atoms with Crippen molar-refractivity contribution >= 4 is 23.6 Å². The van der Waals surface area contributed by atoms with E-state index in [0.717, 1.165) is 11.3 Å². The smallest absolute Gasteiger partial charge is 0.307 e. The van der Waals surface area contributed by atoms with Crippen LogP contribution >= 0.6 is 0 Å². The van der Waals surface area contributed by atoms with Crippen molar-refractivity contribution < 1.29 is 14.7 Å². The number of benzene rings is 1. The van der Waals surface area contributed by atoms with Crippen molar-refractivity contribution in [1.29, 1.82) is 0 Å². The minimum absolute atomic E-state index is 0.00739. The molecule has 84 valence electrons. The highest BCUT2D eigenvalue weighted by Crippen LogP contribution is 2.10. The number of anilines is 1. The van der Waals surface area contributed by atoms with Crippen LogP contribution in [0.25, 0.3) is 6.08 Å². The lowest BCUT2D eigenvalue weighted by molar-refractivity contribution is -0.136. The lowest BCUT2D eigenvalue weighted by atomic mass is 10.2. The van der Waals surface area contributed by atoms with E-state index in [1.807, 2.05) is 12.1 Å². The zero-order valence-electron chi connectivity index (χ0n) is 8.93. The summed E-state index contributed by atoms with van der Waals surface area (Å²) in [5, 5.41) is 11.1. The van der Waals surface area contributed by atoms with Crippen molar-refractivity contribution in [1.82, 2.24) is 0 Å². The van der Waals surface area contributed by atoms with E-state index in [1.54, 1.807) is 24.3 Å². The third-order valence-corrected chi connectivity index (χ3v) is 1.83. The molecule has 0 saturated heterocycles. The molecule has 0 fully saturated rings. The molecular formula is C12H13NO3. The quantitative estimate of drug-likeness (QED) is 0.815. The van der Waals surface area contributed by atoms with Gasteiger partial charge in [-0.2, -0.15) is 0 Å². The first-order valence-electron chi connectivity index (χ1n) is 4.84. The number of amides is 1. The van der Waals surface area contributed by atoms with Crippen LogP contribution in [0, 0.1) is 0 Å². The Labute approximate surface area is 93.6 Å². The molecule has 1 amide bonds. The molecule has 0 radical (unpaired) electrons. The molecule has 0 aliphatic heterocycles. The summed E-state index contributed by atoms with van der Waals surface area (Å²) < 4.78 is 0. The highest BCUT2D eigenvalue weighted by atomic mass is 16.4. The third kappa shape index (κ3) is 4.41. The summed E-state index contributed by atoms with van der Waals surface area (Å²) in [6.45, 7) is 1.45. The number of hydrogen-bond donors (Lipinski definition) is 2. The van der Waals surface area contributed by atoms with Crippen LogP contribution < -0.4 is 5.32 Å². The molecule has 0 spiro atoms. The van der Waals surface area contributed by atoms with Crippen LogP contribution in [0.4, 0.5) is 5.69 Å². The second kappa shape index (κ2) is 5.70. The summed E-state index contributed by atoms with van der Waals surface area (Å²) in [6, 6.07) is 7.15. The Balaban J connectivity index is 2.60. The van der Waals surface area contributed by atoms with Gasteiger partial charge in [-0.05, 0) is 17.7 Å². The standard InChI is InChI=1S/C12H13NO3/c1-9(14)13-11-7-5-10(6-8-11)3-2-4-12(15)16/h2-3,5-8H,4H2,1H3,(H,13,14)(H,15,16)/b3-2+. The van der Waals surface area contributed by atoms with Crippen molar-refractivity contribution in [2.24, 2.45) is 0 Å². The highest BCUT2D eigenvalue weighted by Gasteiger charge is 1.94. The third-order valence-electron chi connectivity index (χ3n) is 1.83. The molecule has 4 nitrogen and oxygen atoms in total. The molecule has 16 heavy (non-hydrogen) atoms. The summed E-state index contributed by atoms with van der Waals surface area (Å²) in [6.07, 6.45) is 3.31. The zero-order chi connectivity index (χ0) is 12.0. The van der Waals surface area contributed by atoms with Crippen LogP contribution in [0.5, 0.6) is 0 Å². The number of rotatable bonds is 4. The van der Waals surface area contributed by atoms with E-state index in [4.69, 9.17) is 5.11 Å². The number of carbonyl (C=O) groups is 2. The van der Waals surface area contributed by atoms with Crippen molar-refractivity contribution in [2.45, 2.75) is 13.3 Å². The molecule has 0 aliphatic rings. The van der Waals surface area contributed by atoms with Crippen LogP contribution in [0.1, 0.15) is 18.9 Å². The second-order valence-corrected chi connectivity index (χ2v) is 3.30. The molecule has 2 N–H and O–H groups in total. The molecule has 4 heteroatoms. The minimum Gasteiger partial charge on any atom is -0.481 e. The molecule has 0 saturated carbocycles. The normalized spacial score (nSPS) is 10.3.